The number of hydrogen-bond acceptors (Lipinski definition) is 1. The SMILES string of the molecule is C=C(C)C(=O)C1=CCC=C1. The van der Waals surface area contributed by atoms with Crippen molar-refractivity contribution in [2.24, 2.45) is 0 Å². The standard InChI is InChI=1S/C9H10O/c1-7(2)9(10)8-5-3-4-6-8/h3,5-6H,1,4H2,2H3. The molecule has 0 aromatic carbocycles. The number of hydrogen-bond donors (Lipinski definition) is 0. The molecule has 0 aromatic rings. The van der Waals surface area contributed by atoms with E-state index in [9.17, 15) is 4.79 Å². The maximum atomic E-state index is 11.1. The van der Waals surface area contributed by atoms with Crippen molar-refractivity contribution < 1.29 is 4.79 Å². The van der Waals surface area contributed by atoms with Gasteiger partial charge in [0, 0.05) is 5.57 Å². The Labute approximate surface area is 60.7 Å². The van der Waals surface area contributed by atoms with Gasteiger partial charge in [-0.25, -0.2) is 0 Å². The van der Waals surface area contributed by atoms with E-state index in [4.69, 9.17) is 0 Å². The summed E-state index contributed by atoms with van der Waals surface area (Å²) >= 11 is 0. The Kier molecular flexibility index (Phi) is 1.86. The second-order valence-corrected chi connectivity index (χ2v) is 2.41. The molecule has 0 bridgehead atoms. The minimum Gasteiger partial charge on any atom is -0.289 e. The van der Waals surface area contributed by atoms with Crippen LogP contribution in [-0.4, -0.2) is 5.78 Å². The van der Waals surface area contributed by atoms with E-state index >= 15 is 0 Å². The minimum absolute atomic E-state index is 0.0637. The van der Waals surface area contributed by atoms with Crippen LogP contribution in [0, 0.1) is 0 Å². The van der Waals surface area contributed by atoms with Gasteiger partial charge in [0.15, 0.2) is 5.78 Å². The van der Waals surface area contributed by atoms with E-state index in [-0.39, 0.29) is 5.78 Å². The molecule has 0 aromatic heterocycles. The maximum Gasteiger partial charge on any atom is 0.187 e. The van der Waals surface area contributed by atoms with Crippen molar-refractivity contribution in [2.75, 3.05) is 0 Å². The van der Waals surface area contributed by atoms with Gasteiger partial charge < -0.3 is 0 Å². The van der Waals surface area contributed by atoms with Crippen LogP contribution in [-0.2, 0) is 4.79 Å². The molecule has 10 heavy (non-hydrogen) atoms. The molecule has 0 saturated carbocycles. The molecule has 0 aliphatic heterocycles. The summed E-state index contributed by atoms with van der Waals surface area (Å²) in [7, 11) is 0. The molecule has 0 atom stereocenters. The van der Waals surface area contributed by atoms with E-state index in [1.807, 2.05) is 18.2 Å². The molecule has 0 amide bonds. The Bertz CT molecular complexity index is 231. The summed E-state index contributed by atoms with van der Waals surface area (Å²) in [6.45, 7) is 5.31. The van der Waals surface area contributed by atoms with Gasteiger partial charge in [-0.15, -0.1) is 0 Å². The van der Waals surface area contributed by atoms with Crippen LogP contribution in [0.25, 0.3) is 0 Å². The lowest BCUT2D eigenvalue weighted by Crippen LogP contribution is -1.98. The molecule has 0 spiro atoms. The van der Waals surface area contributed by atoms with Gasteiger partial charge in [-0.05, 0) is 18.9 Å². The van der Waals surface area contributed by atoms with Crippen molar-refractivity contribution in [1.82, 2.24) is 0 Å². The van der Waals surface area contributed by atoms with Crippen molar-refractivity contribution in [3.63, 3.8) is 0 Å². The predicted octanol–water partition coefficient (Wildman–Crippen LogP) is 2.02. The van der Waals surface area contributed by atoms with Crippen molar-refractivity contribution in [3.05, 3.63) is 36.0 Å². The van der Waals surface area contributed by atoms with Crippen LogP contribution in [0.5, 0.6) is 0 Å². The number of carbonyl (C=O) groups excluding carboxylic acids is 1. The van der Waals surface area contributed by atoms with Gasteiger partial charge in [0.1, 0.15) is 0 Å². The first-order valence-corrected chi connectivity index (χ1v) is 3.28. The van der Waals surface area contributed by atoms with E-state index < -0.39 is 0 Å². The summed E-state index contributed by atoms with van der Waals surface area (Å²) in [6, 6.07) is 0. The summed E-state index contributed by atoms with van der Waals surface area (Å²) in [5.41, 5.74) is 1.39. The highest BCUT2D eigenvalue weighted by Gasteiger charge is 2.08. The van der Waals surface area contributed by atoms with Crippen LogP contribution in [0.3, 0.4) is 0 Å². The fourth-order valence-corrected chi connectivity index (χ4v) is 0.873. The summed E-state index contributed by atoms with van der Waals surface area (Å²) in [4.78, 5) is 11.1. The number of carbonyl (C=O) groups is 1. The summed E-state index contributed by atoms with van der Waals surface area (Å²) in [5, 5.41) is 0. The molecule has 0 unspecified atom stereocenters. The molecule has 1 nitrogen and oxygen atoms in total. The highest BCUT2D eigenvalue weighted by Crippen LogP contribution is 2.12. The number of allylic oxidation sites excluding steroid dienone is 5. The lowest BCUT2D eigenvalue weighted by atomic mass is 10.1. The number of Topliss-reactive ketones (excluding diaryl/α,β-unsaturated/α-hetero) is 1. The van der Waals surface area contributed by atoms with Gasteiger partial charge >= 0.3 is 0 Å². The molecule has 0 fully saturated rings. The van der Waals surface area contributed by atoms with E-state index in [1.54, 1.807) is 6.92 Å². The molecule has 1 heteroatoms. The Morgan fingerprint density at radius 3 is 2.80 bits per heavy atom. The monoisotopic (exact) mass is 134 g/mol. The maximum absolute atomic E-state index is 11.1. The minimum atomic E-state index is 0.0637. The van der Waals surface area contributed by atoms with Gasteiger partial charge in [-0.3, -0.25) is 4.79 Å². The Balaban J connectivity index is 2.75. The van der Waals surface area contributed by atoms with Gasteiger partial charge in [-0.2, -0.15) is 0 Å². The molecular weight excluding hydrogens is 124 g/mol. The van der Waals surface area contributed by atoms with Gasteiger partial charge in [-0.1, -0.05) is 24.8 Å². The average Bonchev–Trinajstić information content (AvgIpc) is 2.36. The quantitative estimate of drug-likeness (QED) is 0.528. The summed E-state index contributed by atoms with van der Waals surface area (Å²) in [6.07, 6.45) is 6.61. The number of ketones is 1. The molecule has 1 aliphatic carbocycles. The van der Waals surface area contributed by atoms with Crippen LogP contribution in [0.4, 0.5) is 0 Å². The zero-order chi connectivity index (χ0) is 7.56. The van der Waals surface area contributed by atoms with E-state index in [0.29, 0.717) is 5.57 Å². The van der Waals surface area contributed by atoms with Crippen molar-refractivity contribution in [3.8, 4) is 0 Å². The van der Waals surface area contributed by atoms with Crippen molar-refractivity contribution in [1.29, 1.82) is 0 Å². The lowest BCUT2D eigenvalue weighted by molar-refractivity contribution is -0.111. The fraction of sp³-hybridized carbons (Fsp3) is 0.222. The Hall–Kier alpha value is -1.11. The third kappa shape index (κ3) is 1.24. The summed E-state index contributed by atoms with van der Waals surface area (Å²) in [5.74, 6) is 0.0637. The third-order valence-corrected chi connectivity index (χ3v) is 1.42. The van der Waals surface area contributed by atoms with Gasteiger partial charge in [0.25, 0.3) is 0 Å². The van der Waals surface area contributed by atoms with Crippen LogP contribution in [0.1, 0.15) is 13.3 Å². The molecule has 1 aliphatic rings. The Morgan fingerprint density at radius 1 is 1.70 bits per heavy atom. The lowest BCUT2D eigenvalue weighted by Gasteiger charge is -1.94. The van der Waals surface area contributed by atoms with Crippen LogP contribution in [0.2, 0.25) is 0 Å². The van der Waals surface area contributed by atoms with Gasteiger partial charge in [0.2, 0.25) is 0 Å². The molecule has 0 N–H and O–H groups in total. The van der Waals surface area contributed by atoms with Gasteiger partial charge in [0.05, 0.1) is 0 Å². The molecule has 0 heterocycles. The normalized spacial score (nSPS) is 15.1. The average molecular weight is 134 g/mol. The largest absolute Gasteiger partial charge is 0.289 e. The Morgan fingerprint density at radius 2 is 2.40 bits per heavy atom. The molecule has 0 saturated heterocycles. The number of rotatable bonds is 2. The van der Waals surface area contributed by atoms with Crippen molar-refractivity contribution in [2.45, 2.75) is 13.3 Å². The van der Waals surface area contributed by atoms with E-state index in [1.165, 1.54) is 0 Å². The van der Waals surface area contributed by atoms with E-state index in [0.717, 1.165) is 12.0 Å². The first-order chi connectivity index (χ1) is 4.72. The first kappa shape index (κ1) is 7.00. The highest BCUT2D eigenvalue weighted by molar-refractivity contribution is 6.09. The topological polar surface area (TPSA) is 17.1 Å². The first-order valence-electron chi connectivity index (χ1n) is 3.28. The smallest absolute Gasteiger partial charge is 0.187 e. The van der Waals surface area contributed by atoms with Crippen molar-refractivity contribution >= 4 is 5.78 Å². The fourth-order valence-electron chi connectivity index (χ4n) is 0.873. The zero-order valence-electron chi connectivity index (χ0n) is 6.05. The highest BCUT2D eigenvalue weighted by atomic mass is 16.1. The molecule has 1 rings (SSSR count). The van der Waals surface area contributed by atoms with Crippen LogP contribution >= 0.6 is 0 Å². The molecule has 0 radical (unpaired) electrons. The molecular formula is C9H10O. The predicted molar refractivity (Wildman–Crippen MR) is 41.7 cm³/mol. The zero-order valence-corrected chi connectivity index (χ0v) is 6.05. The van der Waals surface area contributed by atoms with E-state index in [2.05, 4.69) is 6.58 Å². The van der Waals surface area contributed by atoms with Crippen LogP contribution < -0.4 is 0 Å². The second kappa shape index (κ2) is 2.65. The molecule has 52 valence electrons. The third-order valence-electron chi connectivity index (χ3n) is 1.42. The summed E-state index contributed by atoms with van der Waals surface area (Å²) < 4.78 is 0. The second-order valence-electron chi connectivity index (χ2n) is 2.41. The van der Waals surface area contributed by atoms with Crippen LogP contribution in [0.15, 0.2) is 36.0 Å².